The van der Waals surface area contributed by atoms with Crippen LogP contribution in [0.25, 0.3) is 0 Å². The fourth-order valence-electron chi connectivity index (χ4n) is 2.71. The molecule has 2 aromatic rings. The van der Waals surface area contributed by atoms with Crippen LogP contribution in [0.1, 0.15) is 12.5 Å². The van der Waals surface area contributed by atoms with Crippen molar-refractivity contribution in [3.63, 3.8) is 0 Å². The van der Waals surface area contributed by atoms with E-state index in [0.29, 0.717) is 9.87 Å². The second kappa shape index (κ2) is 7.02. The Labute approximate surface area is 156 Å². The van der Waals surface area contributed by atoms with E-state index in [2.05, 4.69) is 4.72 Å². The third kappa shape index (κ3) is 4.02. The lowest BCUT2D eigenvalue weighted by molar-refractivity contribution is -0.119. The van der Waals surface area contributed by atoms with Gasteiger partial charge in [0.05, 0.1) is 22.3 Å². The molecule has 1 aliphatic heterocycles. The number of carbonyl (C=O) groups excluding carboxylic acids is 1. The van der Waals surface area contributed by atoms with Crippen molar-refractivity contribution >= 4 is 31.6 Å². The molecule has 1 heterocycles. The van der Waals surface area contributed by atoms with Gasteiger partial charge < -0.3 is 0 Å². The Balaban J connectivity index is 1.78. The lowest BCUT2D eigenvalue weighted by atomic mass is 10.2. The zero-order chi connectivity index (χ0) is 19.8. The molecule has 2 aromatic carbocycles. The predicted molar refractivity (Wildman–Crippen MR) is 97.3 cm³/mol. The van der Waals surface area contributed by atoms with Crippen LogP contribution in [0.4, 0.5) is 10.1 Å². The third-order valence-electron chi connectivity index (χ3n) is 4.12. The number of rotatable bonds is 5. The molecule has 3 rings (SSSR count). The highest BCUT2D eigenvalue weighted by Gasteiger charge is 2.41. The lowest BCUT2D eigenvalue weighted by Crippen LogP contribution is -2.30. The van der Waals surface area contributed by atoms with Crippen molar-refractivity contribution in [2.45, 2.75) is 18.4 Å². The van der Waals surface area contributed by atoms with Gasteiger partial charge in [0.25, 0.3) is 0 Å². The van der Waals surface area contributed by atoms with E-state index in [1.54, 1.807) is 0 Å². The summed E-state index contributed by atoms with van der Waals surface area (Å²) in [6.07, 6.45) is 0. The van der Waals surface area contributed by atoms with Crippen molar-refractivity contribution < 1.29 is 26.0 Å². The zero-order valence-electron chi connectivity index (χ0n) is 14.3. The molecule has 1 atom stereocenters. The highest BCUT2D eigenvalue weighted by molar-refractivity contribution is 7.94. The van der Waals surface area contributed by atoms with Gasteiger partial charge in [0.2, 0.25) is 26.0 Å². The largest absolute Gasteiger partial charge is 0.273 e. The Bertz CT molecular complexity index is 1070. The van der Waals surface area contributed by atoms with Crippen molar-refractivity contribution in [2.75, 3.05) is 10.1 Å². The lowest BCUT2D eigenvalue weighted by Gasteiger charge is -2.15. The summed E-state index contributed by atoms with van der Waals surface area (Å²) >= 11 is 0. The van der Waals surface area contributed by atoms with Gasteiger partial charge in [-0.3, -0.25) is 4.79 Å². The van der Waals surface area contributed by atoms with E-state index in [1.165, 1.54) is 55.5 Å². The Hall–Kier alpha value is -2.30. The SMILES string of the molecule is CC1CS(=O)(=O)N(c2ccc(S(=O)(=O)NCc3ccc(F)cc3)cc2)C1=O. The van der Waals surface area contributed by atoms with Crippen molar-refractivity contribution in [1.29, 1.82) is 0 Å². The summed E-state index contributed by atoms with van der Waals surface area (Å²) in [5.74, 6) is -1.88. The summed E-state index contributed by atoms with van der Waals surface area (Å²) in [4.78, 5) is 12.0. The van der Waals surface area contributed by atoms with Gasteiger partial charge in [-0.2, -0.15) is 0 Å². The zero-order valence-corrected chi connectivity index (χ0v) is 15.9. The Morgan fingerprint density at radius 1 is 1.11 bits per heavy atom. The molecule has 1 amide bonds. The molecule has 0 radical (unpaired) electrons. The quantitative estimate of drug-likeness (QED) is 0.804. The summed E-state index contributed by atoms with van der Waals surface area (Å²) in [7, 11) is -7.61. The van der Waals surface area contributed by atoms with Crippen LogP contribution >= 0.6 is 0 Å². The fourth-order valence-corrected chi connectivity index (χ4v) is 5.55. The summed E-state index contributed by atoms with van der Waals surface area (Å²) in [6, 6.07) is 10.4. The molecule has 27 heavy (non-hydrogen) atoms. The van der Waals surface area contributed by atoms with E-state index >= 15 is 0 Å². The number of hydrogen-bond acceptors (Lipinski definition) is 5. The Kier molecular flexibility index (Phi) is 5.06. The van der Waals surface area contributed by atoms with Crippen molar-refractivity contribution in [3.8, 4) is 0 Å². The van der Waals surface area contributed by atoms with Crippen LogP contribution in [-0.2, 0) is 31.4 Å². The number of hydrogen-bond donors (Lipinski definition) is 1. The average Bonchev–Trinajstić information content (AvgIpc) is 2.82. The van der Waals surface area contributed by atoms with Crippen LogP contribution in [-0.4, -0.2) is 28.5 Å². The molecule has 1 unspecified atom stereocenters. The van der Waals surface area contributed by atoms with Crippen LogP contribution < -0.4 is 9.03 Å². The number of sulfonamides is 2. The first-order chi connectivity index (χ1) is 12.6. The van der Waals surface area contributed by atoms with Crippen molar-refractivity contribution in [1.82, 2.24) is 4.72 Å². The standard InChI is InChI=1S/C17H17FN2O5S2/c1-12-11-26(22,23)20(17(12)21)15-6-8-16(9-7-15)27(24,25)19-10-13-2-4-14(18)5-3-13/h2-9,12,19H,10-11H2,1H3. The second-order valence-corrected chi connectivity index (χ2v) is 9.86. The molecule has 1 N–H and O–H groups in total. The highest BCUT2D eigenvalue weighted by Crippen LogP contribution is 2.28. The van der Waals surface area contributed by atoms with E-state index in [-0.39, 0.29) is 22.9 Å². The number of anilines is 1. The molecule has 1 fully saturated rings. The Morgan fingerprint density at radius 3 is 2.22 bits per heavy atom. The number of benzene rings is 2. The van der Waals surface area contributed by atoms with Crippen LogP contribution in [0.15, 0.2) is 53.4 Å². The molecule has 0 aliphatic carbocycles. The first kappa shape index (κ1) is 19.5. The first-order valence-electron chi connectivity index (χ1n) is 8.01. The average molecular weight is 412 g/mol. The minimum atomic E-state index is -3.86. The van der Waals surface area contributed by atoms with E-state index in [9.17, 15) is 26.0 Å². The van der Waals surface area contributed by atoms with Crippen LogP contribution in [0, 0.1) is 11.7 Å². The third-order valence-corrected chi connectivity index (χ3v) is 7.41. The number of nitrogens with zero attached hydrogens (tertiary/aromatic N) is 1. The molecular weight excluding hydrogens is 395 g/mol. The second-order valence-electron chi connectivity index (χ2n) is 6.23. The van der Waals surface area contributed by atoms with Gasteiger partial charge in [-0.05, 0) is 42.0 Å². The number of amides is 1. The van der Waals surface area contributed by atoms with Crippen molar-refractivity contribution in [3.05, 3.63) is 59.9 Å². The van der Waals surface area contributed by atoms with Crippen LogP contribution in [0.3, 0.4) is 0 Å². The summed E-state index contributed by atoms with van der Waals surface area (Å²) in [6.45, 7) is 1.50. The van der Waals surface area contributed by atoms with Gasteiger partial charge in [-0.1, -0.05) is 19.1 Å². The van der Waals surface area contributed by atoms with E-state index in [4.69, 9.17) is 0 Å². The monoisotopic (exact) mass is 412 g/mol. The van der Waals surface area contributed by atoms with Gasteiger partial charge in [0.15, 0.2) is 0 Å². The van der Waals surface area contributed by atoms with Gasteiger partial charge >= 0.3 is 0 Å². The summed E-state index contributed by atoms with van der Waals surface area (Å²) < 4.78 is 64.9. The number of carbonyl (C=O) groups is 1. The predicted octanol–water partition coefficient (Wildman–Crippen LogP) is 1.62. The maximum Gasteiger partial charge on any atom is 0.244 e. The normalized spacial score (nSPS) is 19.4. The van der Waals surface area contributed by atoms with E-state index < -0.39 is 37.7 Å². The topological polar surface area (TPSA) is 101 Å². The molecule has 0 bridgehead atoms. The first-order valence-corrected chi connectivity index (χ1v) is 11.1. The van der Waals surface area contributed by atoms with Gasteiger partial charge in [0, 0.05) is 6.54 Å². The van der Waals surface area contributed by atoms with Gasteiger partial charge in [-0.15, -0.1) is 0 Å². The van der Waals surface area contributed by atoms with E-state index in [1.807, 2.05) is 0 Å². The minimum absolute atomic E-state index is 0.0269. The summed E-state index contributed by atoms with van der Waals surface area (Å²) in [5, 5.41) is 0. The van der Waals surface area contributed by atoms with Crippen LogP contribution in [0.2, 0.25) is 0 Å². The fraction of sp³-hybridized carbons (Fsp3) is 0.235. The molecule has 1 saturated heterocycles. The maximum absolute atomic E-state index is 12.9. The molecule has 1 aliphatic rings. The molecule has 144 valence electrons. The highest BCUT2D eigenvalue weighted by atomic mass is 32.2. The molecule has 0 spiro atoms. The smallest absolute Gasteiger partial charge is 0.244 e. The molecular formula is C17H17FN2O5S2. The van der Waals surface area contributed by atoms with E-state index in [0.717, 1.165) is 0 Å². The van der Waals surface area contributed by atoms with Gasteiger partial charge in [0.1, 0.15) is 5.82 Å². The molecule has 0 aromatic heterocycles. The minimum Gasteiger partial charge on any atom is -0.273 e. The van der Waals surface area contributed by atoms with Crippen molar-refractivity contribution in [2.24, 2.45) is 5.92 Å². The Morgan fingerprint density at radius 2 is 1.70 bits per heavy atom. The maximum atomic E-state index is 12.9. The number of nitrogens with one attached hydrogen (secondary N) is 1. The molecule has 0 saturated carbocycles. The molecule has 10 heteroatoms. The van der Waals surface area contributed by atoms with Crippen LogP contribution in [0.5, 0.6) is 0 Å². The molecule has 7 nitrogen and oxygen atoms in total. The van der Waals surface area contributed by atoms with Gasteiger partial charge in [-0.25, -0.2) is 30.3 Å². The summed E-state index contributed by atoms with van der Waals surface area (Å²) in [5.41, 5.74) is 0.682. The number of halogens is 1.